The average Bonchev–Trinajstić information content (AvgIpc) is 2.78. The molecule has 0 radical (unpaired) electrons. The Balaban J connectivity index is 1.72. The number of amides is 1. The van der Waals surface area contributed by atoms with Crippen molar-refractivity contribution in [2.24, 2.45) is 5.10 Å². The summed E-state index contributed by atoms with van der Waals surface area (Å²) in [5, 5.41) is 13.0. The van der Waals surface area contributed by atoms with Gasteiger partial charge in [0.15, 0.2) is 11.5 Å². The Morgan fingerprint density at radius 2 is 1.90 bits per heavy atom. The SMILES string of the molecule is COc1cccc(/C=N\NC(=O)c2ccccn2)c1OCc1ccc(C(=O)O)cc1. The molecule has 8 nitrogen and oxygen atoms in total. The Kier molecular flexibility index (Phi) is 6.73. The van der Waals surface area contributed by atoms with Crippen LogP contribution in [0.25, 0.3) is 0 Å². The maximum atomic E-state index is 12.0. The number of nitrogens with zero attached hydrogens (tertiary/aromatic N) is 2. The van der Waals surface area contributed by atoms with Crippen LogP contribution >= 0.6 is 0 Å². The molecule has 1 heterocycles. The van der Waals surface area contributed by atoms with Crippen LogP contribution in [0.15, 0.2) is 72.0 Å². The smallest absolute Gasteiger partial charge is 0.335 e. The van der Waals surface area contributed by atoms with E-state index in [2.05, 4.69) is 15.5 Å². The lowest BCUT2D eigenvalue weighted by Crippen LogP contribution is -2.18. The number of para-hydroxylation sites is 1. The van der Waals surface area contributed by atoms with Crippen molar-refractivity contribution < 1.29 is 24.2 Å². The lowest BCUT2D eigenvalue weighted by molar-refractivity contribution is 0.0696. The molecule has 1 aromatic heterocycles. The van der Waals surface area contributed by atoms with Crippen molar-refractivity contribution in [2.45, 2.75) is 6.61 Å². The molecule has 1 amide bonds. The van der Waals surface area contributed by atoms with Crippen LogP contribution in [0, 0.1) is 0 Å². The molecule has 0 aliphatic rings. The lowest BCUT2D eigenvalue weighted by atomic mass is 10.1. The Morgan fingerprint density at radius 1 is 1.10 bits per heavy atom. The van der Waals surface area contributed by atoms with Gasteiger partial charge in [-0.05, 0) is 42.0 Å². The topological polar surface area (TPSA) is 110 Å². The summed E-state index contributed by atoms with van der Waals surface area (Å²) in [6, 6.07) is 16.7. The minimum Gasteiger partial charge on any atom is -0.493 e. The molecule has 0 saturated heterocycles. The molecule has 30 heavy (non-hydrogen) atoms. The van der Waals surface area contributed by atoms with E-state index in [4.69, 9.17) is 14.6 Å². The molecule has 2 N–H and O–H groups in total. The first kappa shape index (κ1) is 20.5. The largest absolute Gasteiger partial charge is 0.493 e. The zero-order valence-electron chi connectivity index (χ0n) is 16.1. The molecule has 3 rings (SSSR count). The molecule has 0 aliphatic carbocycles. The van der Waals surface area contributed by atoms with E-state index >= 15 is 0 Å². The highest BCUT2D eigenvalue weighted by Gasteiger charge is 2.11. The van der Waals surface area contributed by atoms with Crippen molar-refractivity contribution in [2.75, 3.05) is 7.11 Å². The predicted octanol–water partition coefficient (Wildman–Crippen LogP) is 3.13. The molecule has 8 heteroatoms. The summed E-state index contributed by atoms with van der Waals surface area (Å²) in [5.41, 5.74) is 4.26. The first-order valence-corrected chi connectivity index (χ1v) is 8.95. The number of carboxylic acid groups (broad SMARTS) is 1. The molecule has 3 aromatic rings. The molecule has 0 aliphatic heterocycles. The van der Waals surface area contributed by atoms with Crippen molar-refractivity contribution in [1.82, 2.24) is 10.4 Å². The quantitative estimate of drug-likeness (QED) is 0.440. The van der Waals surface area contributed by atoms with Gasteiger partial charge in [-0.1, -0.05) is 24.3 Å². The number of carboxylic acids is 1. The van der Waals surface area contributed by atoms with Crippen LogP contribution in [0.4, 0.5) is 0 Å². The van der Waals surface area contributed by atoms with Gasteiger partial charge in [-0.3, -0.25) is 9.78 Å². The molecule has 0 bridgehead atoms. The van der Waals surface area contributed by atoms with Crippen LogP contribution < -0.4 is 14.9 Å². The average molecular weight is 405 g/mol. The number of aromatic carboxylic acids is 1. The number of hydrogen-bond acceptors (Lipinski definition) is 6. The van der Waals surface area contributed by atoms with Gasteiger partial charge in [-0.15, -0.1) is 0 Å². The van der Waals surface area contributed by atoms with Gasteiger partial charge >= 0.3 is 5.97 Å². The highest BCUT2D eigenvalue weighted by Crippen LogP contribution is 2.30. The number of nitrogens with one attached hydrogen (secondary N) is 1. The highest BCUT2D eigenvalue weighted by atomic mass is 16.5. The lowest BCUT2D eigenvalue weighted by Gasteiger charge is -2.13. The van der Waals surface area contributed by atoms with E-state index in [1.807, 2.05) is 0 Å². The van der Waals surface area contributed by atoms with Gasteiger partial charge in [-0.2, -0.15) is 5.10 Å². The number of carbonyl (C=O) groups excluding carboxylic acids is 1. The molecule has 0 atom stereocenters. The van der Waals surface area contributed by atoms with E-state index < -0.39 is 11.9 Å². The fourth-order valence-corrected chi connectivity index (χ4v) is 2.56. The van der Waals surface area contributed by atoms with E-state index in [1.54, 1.807) is 48.5 Å². The number of pyridine rings is 1. The van der Waals surface area contributed by atoms with Crippen LogP contribution in [0.2, 0.25) is 0 Å². The van der Waals surface area contributed by atoms with E-state index in [9.17, 15) is 9.59 Å². The van der Waals surface area contributed by atoms with Gasteiger partial charge in [0.2, 0.25) is 0 Å². The number of rotatable bonds is 8. The van der Waals surface area contributed by atoms with Crippen LogP contribution in [-0.2, 0) is 6.61 Å². The third-order valence-corrected chi connectivity index (χ3v) is 4.08. The Morgan fingerprint density at radius 3 is 2.57 bits per heavy atom. The highest BCUT2D eigenvalue weighted by molar-refractivity contribution is 5.93. The predicted molar refractivity (Wildman–Crippen MR) is 110 cm³/mol. The molecule has 0 fully saturated rings. The van der Waals surface area contributed by atoms with Crippen LogP contribution in [0.5, 0.6) is 11.5 Å². The minimum absolute atomic E-state index is 0.196. The van der Waals surface area contributed by atoms with Crippen molar-refractivity contribution in [3.63, 3.8) is 0 Å². The summed E-state index contributed by atoms with van der Waals surface area (Å²) in [5.74, 6) is -0.482. The van der Waals surface area contributed by atoms with Gasteiger partial charge < -0.3 is 14.6 Å². The second-order valence-electron chi connectivity index (χ2n) is 6.08. The second kappa shape index (κ2) is 9.83. The van der Waals surface area contributed by atoms with Gasteiger partial charge in [0.1, 0.15) is 12.3 Å². The molecule has 152 valence electrons. The Bertz CT molecular complexity index is 1050. The Hall–Kier alpha value is -4.20. The normalized spacial score (nSPS) is 10.6. The van der Waals surface area contributed by atoms with Gasteiger partial charge in [0, 0.05) is 11.8 Å². The van der Waals surface area contributed by atoms with Gasteiger partial charge in [0.25, 0.3) is 5.91 Å². The first-order chi connectivity index (χ1) is 14.6. The van der Waals surface area contributed by atoms with E-state index in [1.165, 1.54) is 31.7 Å². The van der Waals surface area contributed by atoms with Gasteiger partial charge in [-0.25, -0.2) is 10.2 Å². The standard InChI is InChI=1S/C22H19N3O5/c1-29-19-7-4-5-17(13-24-25-21(26)18-6-2-3-12-23-18)20(19)30-14-15-8-10-16(11-9-15)22(27)28/h2-13H,14H2,1H3,(H,25,26)(H,27,28)/b24-13-. The number of carbonyl (C=O) groups is 2. The van der Waals surface area contributed by atoms with Crippen LogP contribution in [0.3, 0.4) is 0 Å². The molecular formula is C22H19N3O5. The zero-order valence-corrected chi connectivity index (χ0v) is 16.1. The molecule has 0 saturated carbocycles. The molecule has 2 aromatic carbocycles. The van der Waals surface area contributed by atoms with E-state index in [-0.39, 0.29) is 17.9 Å². The van der Waals surface area contributed by atoms with Crippen LogP contribution in [-0.4, -0.2) is 35.3 Å². The number of aromatic nitrogens is 1. The van der Waals surface area contributed by atoms with Crippen molar-refractivity contribution in [1.29, 1.82) is 0 Å². The maximum Gasteiger partial charge on any atom is 0.335 e. The molecule has 0 spiro atoms. The van der Waals surface area contributed by atoms with Gasteiger partial charge in [0.05, 0.1) is 18.9 Å². The summed E-state index contributed by atoms with van der Waals surface area (Å²) in [6.07, 6.45) is 2.97. The van der Waals surface area contributed by atoms with Crippen molar-refractivity contribution in [3.8, 4) is 11.5 Å². The Labute approximate surface area is 172 Å². The number of hydrazone groups is 1. The number of ether oxygens (including phenoxy) is 2. The fourth-order valence-electron chi connectivity index (χ4n) is 2.56. The summed E-state index contributed by atoms with van der Waals surface area (Å²) >= 11 is 0. The number of benzene rings is 2. The third kappa shape index (κ3) is 5.20. The van der Waals surface area contributed by atoms with Crippen molar-refractivity contribution in [3.05, 3.63) is 89.2 Å². The molecular weight excluding hydrogens is 386 g/mol. The summed E-state index contributed by atoms with van der Waals surface area (Å²) in [7, 11) is 1.52. The second-order valence-corrected chi connectivity index (χ2v) is 6.08. The van der Waals surface area contributed by atoms with E-state index in [0.717, 1.165) is 5.56 Å². The minimum atomic E-state index is -0.988. The summed E-state index contributed by atoms with van der Waals surface area (Å²) < 4.78 is 11.3. The van der Waals surface area contributed by atoms with Crippen molar-refractivity contribution >= 4 is 18.1 Å². The molecule has 0 unspecified atom stereocenters. The summed E-state index contributed by atoms with van der Waals surface area (Å²) in [4.78, 5) is 27.0. The summed E-state index contributed by atoms with van der Waals surface area (Å²) in [6.45, 7) is 0.196. The first-order valence-electron chi connectivity index (χ1n) is 8.95. The maximum absolute atomic E-state index is 12.0. The fraction of sp³-hybridized carbons (Fsp3) is 0.0909. The monoisotopic (exact) mass is 405 g/mol. The third-order valence-electron chi connectivity index (χ3n) is 4.08. The zero-order chi connectivity index (χ0) is 21.3. The van der Waals surface area contributed by atoms with Crippen LogP contribution in [0.1, 0.15) is 32.0 Å². The van der Waals surface area contributed by atoms with E-state index in [0.29, 0.717) is 17.1 Å². The number of hydrogen-bond donors (Lipinski definition) is 2. The number of methoxy groups -OCH3 is 1.